The third-order valence-corrected chi connectivity index (χ3v) is 5.00. The van der Waals surface area contributed by atoms with Gasteiger partial charge in [-0.15, -0.1) is 10.2 Å². The summed E-state index contributed by atoms with van der Waals surface area (Å²) in [7, 11) is 0. The third kappa shape index (κ3) is 2.98. The first kappa shape index (κ1) is 16.4. The second-order valence-electron chi connectivity index (χ2n) is 6.58. The molecule has 1 heterocycles. The molecule has 0 atom stereocenters. The van der Waals surface area contributed by atoms with Crippen molar-refractivity contribution < 1.29 is 13.6 Å². The summed E-state index contributed by atoms with van der Waals surface area (Å²) in [6, 6.07) is 13.6. The van der Waals surface area contributed by atoms with Crippen molar-refractivity contribution in [2.24, 2.45) is 0 Å². The Hall–Kier alpha value is -3.02. The first-order valence-electron chi connectivity index (χ1n) is 8.61. The topological polar surface area (TPSA) is 68.0 Å². The maximum absolute atomic E-state index is 13.7. The summed E-state index contributed by atoms with van der Waals surface area (Å²) in [4.78, 5) is 13.2. The molecule has 1 aliphatic rings. The minimum Gasteiger partial charge on any atom is -0.423 e. The highest BCUT2D eigenvalue weighted by molar-refractivity contribution is 5.99. The predicted molar refractivity (Wildman–Crippen MR) is 94.9 cm³/mol. The second-order valence-corrected chi connectivity index (χ2v) is 6.58. The van der Waals surface area contributed by atoms with Gasteiger partial charge >= 0.3 is 0 Å². The molecular formula is C20H18FN3O2. The average molecular weight is 351 g/mol. The molecule has 0 spiro atoms. The van der Waals surface area contributed by atoms with Crippen molar-refractivity contribution >= 4 is 11.6 Å². The van der Waals surface area contributed by atoms with Crippen LogP contribution in [0.15, 0.2) is 59.3 Å². The van der Waals surface area contributed by atoms with Gasteiger partial charge in [-0.05, 0) is 48.7 Å². The van der Waals surface area contributed by atoms with Crippen molar-refractivity contribution in [3.05, 3.63) is 66.3 Å². The van der Waals surface area contributed by atoms with Gasteiger partial charge in [0.1, 0.15) is 5.82 Å². The standard InChI is InChI=1S/C20H18FN3O2/c21-16-7-4-6-15(12-16)20(9-1-2-10-20)19(25)23-17-8-3-5-14(11-17)18-24-22-13-26-18/h3-8,11-13H,1-2,9-10H2,(H,23,25). The average Bonchev–Trinajstić information content (AvgIpc) is 3.35. The van der Waals surface area contributed by atoms with E-state index in [1.165, 1.54) is 18.5 Å². The van der Waals surface area contributed by atoms with E-state index in [2.05, 4.69) is 15.5 Å². The van der Waals surface area contributed by atoms with E-state index in [0.717, 1.165) is 24.0 Å². The number of nitrogens with one attached hydrogen (secondary N) is 1. The summed E-state index contributed by atoms with van der Waals surface area (Å²) < 4.78 is 18.9. The van der Waals surface area contributed by atoms with E-state index in [0.29, 0.717) is 24.4 Å². The Kier molecular flexibility index (Phi) is 4.24. The molecule has 6 heteroatoms. The van der Waals surface area contributed by atoms with Crippen LogP contribution in [-0.2, 0) is 10.2 Å². The van der Waals surface area contributed by atoms with Crippen LogP contribution < -0.4 is 5.32 Å². The van der Waals surface area contributed by atoms with E-state index in [-0.39, 0.29) is 11.7 Å². The zero-order valence-electron chi connectivity index (χ0n) is 14.1. The summed E-state index contributed by atoms with van der Waals surface area (Å²) in [5.74, 6) is -0.0370. The van der Waals surface area contributed by atoms with Gasteiger partial charge in [-0.25, -0.2) is 4.39 Å². The van der Waals surface area contributed by atoms with Crippen LogP contribution in [0.25, 0.3) is 11.5 Å². The van der Waals surface area contributed by atoms with Crippen LogP contribution in [-0.4, -0.2) is 16.1 Å². The maximum Gasteiger partial charge on any atom is 0.247 e. The molecule has 1 aromatic heterocycles. The number of carbonyl (C=O) groups excluding carboxylic acids is 1. The number of halogens is 1. The van der Waals surface area contributed by atoms with Crippen LogP contribution in [0, 0.1) is 5.82 Å². The molecule has 0 bridgehead atoms. The fraction of sp³-hybridized carbons (Fsp3) is 0.250. The van der Waals surface area contributed by atoms with Crippen LogP contribution in [0.1, 0.15) is 31.2 Å². The van der Waals surface area contributed by atoms with E-state index in [1.807, 2.05) is 24.3 Å². The second kappa shape index (κ2) is 6.71. The Balaban J connectivity index is 1.63. The molecule has 4 rings (SSSR count). The lowest BCUT2D eigenvalue weighted by molar-refractivity contribution is -0.121. The molecule has 1 aliphatic carbocycles. The number of anilines is 1. The minimum atomic E-state index is -0.692. The molecule has 1 amide bonds. The van der Waals surface area contributed by atoms with Crippen LogP contribution in [0.5, 0.6) is 0 Å². The number of amides is 1. The van der Waals surface area contributed by atoms with Crippen LogP contribution in [0.3, 0.4) is 0 Å². The van der Waals surface area contributed by atoms with E-state index in [1.54, 1.807) is 12.1 Å². The molecule has 2 aromatic carbocycles. The number of benzene rings is 2. The molecular weight excluding hydrogens is 333 g/mol. The number of hydrogen-bond donors (Lipinski definition) is 1. The molecule has 1 N–H and O–H groups in total. The van der Waals surface area contributed by atoms with E-state index in [4.69, 9.17) is 4.42 Å². The van der Waals surface area contributed by atoms with Crippen LogP contribution >= 0.6 is 0 Å². The highest BCUT2D eigenvalue weighted by atomic mass is 19.1. The summed E-state index contributed by atoms with van der Waals surface area (Å²) in [6.07, 6.45) is 4.59. The van der Waals surface area contributed by atoms with Gasteiger partial charge in [-0.2, -0.15) is 0 Å². The van der Waals surface area contributed by atoms with Gasteiger partial charge in [-0.1, -0.05) is 31.0 Å². The molecule has 0 aliphatic heterocycles. The summed E-state index contributed by atoms with van der Waals surface area (Å²) >= 11 is 0. The lowest BCUT2D eigenvalue weighted by atomic mass is 9.78. The number of carbonyl (C=O) groups is 1. The van der Waals surface area contributed by atoms with Crippen molar-refractivity contribution in [1.82, 2.24) is 10.2 Å². The van der Waals surface area contributed by atoms with Crippen molar-refractivity contribution in [3.8, 4) is 11.5 Å². The molecule has 3 aromatic rings. The highest BCUT2D eigenvalue weighted by Gasteiger charge is 2.42. The normalized spacial score (nSPS) is 15.7. The van der Waals surface area contributed by atoms with E-state index in [9.17, 15) is 9.18 Å². The number of rotatable bonds is 4. The van der Waals surface area contributed by atoms with Crippen molar-refractivity contribution in [1.29, 1.82) is 0 Å². The van der Waals surface area contributed by atoms with Gasteiger partial charge in [0.2, 0.25) is 18.2 Å². The SMILES string of the molecule is O=C(Nc1cccc(-c2nnco2)c1)C1(c2cccc(F)c2)CCCC1. The molecule has 26 heavy (non-hydrogen) atoms. The molecule has 0 unspecified atom stereocenters. The Morgan fingerprint density at radius 1 is 1.12 bits per heavy atom. The first-order valence-corrected chi connectivity index (χ1v) is 8.61. The zero-order valence-corrected chi connectivity index (χ0v) is 14.1. The Bertz CT molecular complexity index is 918. The molecule has 0 saturated heterocycles. The Labute approximate surface area is 150 Å². The van der Waals surface area contributed by atoms with Crippen molar-refractivity contribution in [2.45, 2.75) is 31.1 Å². The van der Waals surface area contributed by atoms with Gasteiger partial charge in [0.05, 0.1) is 5.41 Å². The van der Waals surface area contributed by atoms with Gasteiger partial charge in [0.15, 0.2) is 0 Å². The Morgan fingerprint density at radius 2 is 1.92 bits per heavy atom. The van der Waals surface area contributed by atoms with Gasteiger partial charge < -0.3 is 9.73 Å². The molecule has 1 fully saturated rings. The number of nitrogens with zero attached hydrogens (tertiary/aromatic N) is 2. The first-order chi connectivity index (χ1) is 12.7. The fourth-order valence-corrected chi connectivity index (χ4v) is 3.69. The molecule has 0 radical (unpaired) electrons. The fourth-order valence-electron chi connectivity index (χ4n) is 3.69. The zero-order chi connectivity index (χ0) is 18.0. The molecule has 132 valence electrons. The lowest BCUT2D eigenvalue weighted by Gasteiger charge is -2.28. The number of hydrogen-bond acceptors (Lipinski definition) is 4. The van der Waals surface area contributed by atoms with E-state index < -0.39 is 5.41 Å². The monoisotopic (exact) mass is 351 g/mol. The molecule has 1 saturated carbocycles. The van der Waals surface area contributed by atoms with Crippen LogP contribution in [0.4, 0.5) is 10.1 Å². The highest BCUT2D eigenvalue weighted by Crippen LogP contribution is 2.42. The summed E-state index contributed by atoms with van der Waals surface area (Å²) in [5.41, 5.74) is 1.42. The Morgan fingerprint density at radius 3 is 2.65 bits per heavy atom. The number of aromatic nitrogens is 2. The predicted octanol–water partition coefficient (Wildman–Crippen LogP) is 4.33. The molecule has 5 nitrogen and oxygen atoms in total. The van der Waals surface area contributed by atoms with Gasteiger partial charge in [-0.3, -0.25) is 4.79 Å². The lowest BCUT2D eigenvalue weighted by Crippen LogP contribution is -2.38. The quantitative estimate of drug-likeness (QED) is 0.760. The van der Waals surface area contributed by atoms with Gasteiger partial charge in [0, 0.05) is 11.3 Å². The third-order valence-electron chi connectivity index (χ3n) is 5.00. The minimum absolute atomic E-state index is 0.108. The van der Waals surface area contributed by atoms with Crippen LogP contribution in [0.2, 0.25) is 0 Å². The smallest absolute Gasteiger partial charge is 0.247 e. The van der Waals surface area contributed by atoms with Crippen molar-refractivity contribution in [3.63, 3.8) is 0 Å². The summed E-state index contributed by atoms with van der Waals surface area (Å²) in [5, 5.41) is 10.5. The maximum atomic E-state index is 13.7. The largest absolute Gasteiger partial charge is 0.423 e. The van der Waals surface area contributed by atoms with Gasteiger partial charge in [0.25, 0.3) is 0 Å². The van der Waals surface area contributed by atoms with E-state index >= 15 is 0 Å². The van der Waals surface area contributed by atoms with Crippen molar-refractivity contribution in [2.75, 3.05) is 5.32 Å². The summed E-state index contributed by atoms with van der Waals surface area (Å²) in [6.45, 7) is 0.